The van der Waals surface area contributed by atoms with Crippen LogP contribution in [0.5, 0.6) is 5.75 Å². The van der Waals surface area contributed by atoms with Crippen LogP contribution in [0.2, 0.25) is 0 Å². The molecule has 8 heteroatoms. The average Bonchev–Trinajstić information content (AvgIpc) is 3.17. The monoisotopic (exact) mass is 410 g/mol. The number of aromatic nitrogens is 2. The number of carbonyl (C=O) groups is 1. The smallest absolute Gasteiger partial charge is 0.249 e. The van der Waals surface area contributed by atoms with Crippen molar-refractivity contribution in [2.24, 2.45) is 0 Å². The Hall–Kier alpha value is -2.81. The Bertz CT molecular complexity index is 994. The topological polar surface area (TPSA) is 87.6 Å². The van der Waals surface area contributed by atoms with E-state index in [2.05, 4.69) is 27.4 Å². The van der Waals surface area contributed by atoms with Gasteiger partial charge in [0.15, 0.2) is 17.8 Å². The van der Waals surface area contributed by atoms with Crippen LogP contribution in [0.1, 0.15) is 28.6 Å². The third-order valence-corrected chi connectivity index (χ3v) is 5.86. The second kappa shape index (κ2) is 8.28. The molecule has 1 aromatic carbocycles. The maximum absolute atomic E-state index is 12.9. The summed E-state index contributed by atoms with van der Waals surface area (Å²) in [6.07, 6.45) is 2.55. The first-order chi connectivity index (χ1) is 14.0. The molecular weight excluding hydrogens is 388 g/mol. The highest BCUT2D eigenvalue weighted by atomic mass is 32.1. The van der Waals surface area contributed by atoms with Gasteiger partial charge in [-0.2, -0.15) is 0 Å². The molecule has 29 heavy (non-hydrogen) atoms. The zero-order valence-corrected chi connectivity index (χ0v) is 17.0. The van der Waals surface area contributed by atoms with Crippen LogP contribution in [-0.2, 0) is 11.2 Å². The molecular formula is C21H22N4O3S. The number of hydrogen-bond donors (Lipinski definition) is 2. The van der Waals surface area contributed by atoms with E-state index in [0.29, 0.717) is 16.6 Å². The Morgan fingerprint density at radius 3 is 2.83 bits per heavy atom. The minimum atomic E-state index is -1.08. The lowest BCUT2D eigenvalue weighted by atomic mass is 10.1. The van der Waals surface area contributed by atoms with Crippen LogP contribution in [0.15, 0.2) is 54.9 Å². The predicted molar refractivity (Wildman–Crippen MR) is 111 cm³/mol. The maximum atomic E-state index is 12.9. The first-order valence-corrected chi connectivity index (χ1v) is 10.2. The SMILES string of the molecule is C[C@H]1Oc2cccnc2N(C)C(=O)[C@H]1NC(O)c1ncc(Cc2ccccc2)s1. The number of nitrogens with one attached hydrogen (secondary N) is 1. The normalized spacial score (nSPS) is 20.0. The van der Waals surface area contributed by atoms with Crippen molar-refractivity contribution in [3.8, 4) is 5.75 Å². The summed E-state index contributed by atoms with van der Waals surface area (Å²) in [6.45, 7) is 1.79. The molecule has 0 saturated carbocycles. The number of hydrogen-bond acceptors (Lipinski definition) is 7. The second-order valence-corrected chi connectivity index (χ2v) is 8.07. The molecule has 1 aliphatic heterocycles. The first kappa shape index (κ1) is 19.5. The van der Waals surface area contributed by atoms with Crippen molar-refractivity contribution in [2.45, 2.75) is 31.7 Å². The molecule has 3 aromatic rings. The summed E-state index contributed by atoms with van der Waals surface area (Å²) in [5.41, 5.74) is 1.18. The molecule has 3 heterocycles. The number of likely N-dealkylation sites (N-methyl/N-ethyl adjacent to an activating group) is 1. The molecule has 0 aliphatic carbocycles. The van der Waals surface area contributed by atoms with Crippen LogP contribution in [0.3, 0.4) is 0 Å². The molecule has 0 radical (unpaired) electrons. The fraction of sp³-hybridized carbons (Fsp3) is 0.286. The van der Waals surface area contributed by atoms with Crippen molar-refractivity contribution in [1.82, 2.24) is 15.3 Å². The molecule has 4 rings (SSSR count). The third kappa shape index (κ3) is 4.14. The summed E-state index contributed by atoms with van der Waals surface area (Å²) >= 11 is 1.42. The molecule has 150 valence electrons. The van der Waals surface area contributed by atoms with Crippen LogP contribution in [-0.4, -0.2) is 40.2 Å². The minimum absolute atomic E-state index is 0.227. The van der Waals surface area contributed by atoms with Gasteiger partial charge in [0.2, 0.25) is 5.91 Å². The molecule has 0 fully saturated rings. The number of aliphatic hydroxyl groups excluding tert-OH is 1. The van der Waals surface area contributed by atoms with E-state index < -0.39 is 18.4 Å². The number of thiazole rings is 1. The fourth-order valence-corrected chi connectivity index (χ4v) is 4.18. The molecule has 1 amide bonds. The lowest BCUT2D eigenvalue weighted by molar-refractivity contribution is -0.123. The van der Waals surface area contributed by atoms with E-state index in [9.17, 15) is 9.90 Å². The molecule has 2 aromatic heterocycles. The third-order valence-electron chi connectivity index (χ3n) is 4.81. The number of benzene rings is 1. The van der Waals surface area contributed by atoms with E-state index in [1.165, 1.54) is 21.8 Å². The summed E-state index contributed by atoms with van der Waals surface area (Å²) in [6, 6.07) is 12.9. The van der Waals surface area contributed by atoms with Gasteiger partial charge in [-0.25, -0.2) is 9.97 Å². The number of aliphatic hydroxyl groups is 1. The number of carbonyl (C=O) groups excluding carboxylic acids is 1. The van der Waals surface area contributed by atoms with Gasteiger partial charge >= 0.3 is 0 Å². The van der Waals surface area contributed by atoms with Gasteiger partial charge in [-0.05, 0) is 24.6 Å². The number of fused-ring (bicyclic) bond motifs is 1. The summed E-state index contributed by atoms with van der Waals surface area (Å²) in [4.78, 5) is 24.0. The van der Waals surface area contributed by atoms with Crippen molar-refractivity contribution in [3.63, 3.8) is 0 Å². The molecule has 0 bridgehead atoms. The lowest BCUT2D eigenvalue weighted by Crippen LogP contribution is -2.52. The van der Waals surface area contributed by atoms with Crippen molar-refractivity contribution >= 4 is 23.1 Å². The standard InChI is InChI=1S/C21H22N4O3S/c1-13-17(21(27)25(2)18-16(28-13)9-6-10-22-18)24-19(26)20-23-12-15(29-20)11-14-7-4-3-5-8-14/h3-10,12-13,17,19,24,26H,11H2,1-2H3/t13-,17+,19?/m1/s1. The molecule has 7 nitrogen and oxygen atoms in total. The second-order valence-electron chi connectivity index (χ2n) is 6.92. The highest BCUT2D eigenvalue weighted by molar-refractivity contribution is 7.11. The van der Waals surface area contributed by atoms with Gasteiger partial charge in [-0.1, -0.05) is 30.3 Å². The van der Waals surface area contributed by atoms with E-state index in [1.54, 1.807) is 38.5 Å². The molecule has 3 atom stereocenters. The van der Waals surface area contributed by atoms with Crippen LogP contribution < -0.4 is 15.0 Å². The van der Waals surface area contributed by atoms with Gasteiger partial charge in [0, 0.05) is 30.7 Å². The van der Waals surface area contributed by atoms with Crippen molar-refractivity contribution in [3.05, 3.63) is 70.3 Å². The van der Waals surface area contributed by atoms with Crippen molar-refractivity contribution in [1.29, 1.82) is 0 Å². The van der Waals surface area contributed by atoms with E-state index in [0.717, 1.165) is 11.3 Å². The summed E-state index contributed by atoms with van der Waals surface area (Å²) < 4.78 is 5.92. The zero-order valence-electron chi connectivity index (χ0n) is 16.1. The van der Waals surface area contributed by atoms with Crippen molar-refractivity contribution in [2.75, 3.05) is 11.9 Å². The zero-order chi connectivity index (χ0) is 20.4. The van der Waals surface area contributed by atoms with E-state index in [1.807, 2.05) is 18.2 Å². The Balaban J connectivity index is 1.48. The fourth-order valence-electron chi connectivity index (χ4n) is 3.28. The Kier molecular flexibility index (Phi) is 5.57. The lowest BCUT2D eigenvalue weighted by Gasteiger charge is -2.25. The summed E-state index contributed by atoms with van der Waals surface area (Å²) in [5, 5.41) is 14.2. The summed E-state index contributed by atoms with van der Waals surface area (Å²) in [5.74, 6) is 0.770. The highest BCUT2D eigenvalue weighted by Crippen LogP contribution is 2.30. The van der Waals surface area contributed by atoms with Gasteiger partial charge in [0.1, 0.15) is 17.2 Å². The van der Waals surface area contributed by atoms with Crippen LogP contribution in [0.4, 0.5) is 5.82 Å². The predicted octanol–water partition coefficient (Wildman–Crippen LogP) is 2.52. The Morgan fingerprint density at radius 2 is 2.03 bits per heavy atom. The molecule has 1 aliphatic rings. The maximum Gasteiger partial charge on any atom is 0.249 e. The molecule has 0 spiro atoms. The number of rotatable bonds is 5. The quantitative estimate of drug-likeness (QED) is 0.629. The van der Waals surface area contributed by atoms with E-state index in [-0.39, 0.29) is 5.91 Å². The molecule has 1 unspecified atom stereocenters. The van der Waals surface area contributed by atoms with Gasteiger partial charge in [-0.3, -0.25) is 15.0 Å². The van der Waals surface area contributed by atoms with Crippen LogP contribution >= 0.6 is 11.3 Å². The van der Waals surface area contributed by atoms with E-state index >= 15 is 0 Å². The molecule has 2 N–H and O–H groups in total. The average molecular weight is 410 g/mol. The van der Waals surface area contributed by atoms with Gasteiger partial charge in [-0.15, -0.1) is 11.3 Å². The van der Waals surface area contributed by atoms with Gasteiger partial charge < -0.3 is 9.84 Å². The number of anilines is 1. The highest BCUT2D eigenvalue weighted by Gasteiger charge is 2.36. The first-order valence-electron chi connectivity index (χ1n) is 9.35. The number of ether oxygens (including phenoxy) is 1. The largest absolute Gasteiger partial charge is 0.485 e. The Labute approximate surface area is 173 Å². The number of amides is 1. The number of pyridine rings is 1. The molecule has 0 saturated heterocycles. The Morgan fingerprint density at radius 1 is 1.24 bits per heavy atom. The van der Waals surface area contributed by atoms with Crippen LogP contribution in [0, 0.1) is 0 Å². The van der Waals surface area contributed by atoms with E-state index in [4.69, 9.17) is 4.74 Å². The van der Waals surface area contributed by atoms with Gasteiger partial charge in [0.05, 0.1) is 0 Å². The summed E-state index contributed by atoms with van der Waals surface area (Å²) in [7, 11) is 1.65. The minimum Gasteiger partial charge on any atom is -0.485 e. The van der Waals surface area contributed by atoms with Crippen LogP contribution in [0.25, 0.3) is 0 Å². The number of nitrogens with zero attached hydrogens (tertiary/aromatic N) is 3. The van der Waals surface area contributed by atoms with Gasteiger partial charge in [0.25, 0.3) is 0 Å². The van der Waals surface area contributed by atoms with Crippen molar-refractivity contribution < 1.29 is 14.6 Å².